The molecule has 2 atom stereocenters. The predicted molar refractivity (Wildman–Crippen MR) is 51.3 cm³/mol. The average molecular weight is 244 g/mol. The van der Waals surface area contributed by atoms with E-state index >= 15 is 0 Å². The Morgan fingerprint density at radius 1 is 1.40 bits per heavy atom. The minimum Gasteiger partial charge on any atom is -0.364 e. The molecule has 0 saturated carbocycles. The summed E-state index contributed by atoms with van der Waals surface area (Å²) < 4.78 is 30.1. The third-order valence-corrected chi connectivity index (χ3v) is 3.01. The molecule has 1 aliphatic carbocycles. The predicted octanol–water partition coefficient (Wildman–Crippen LogP) is -1.05. The Kier molecular flexibility index (Phi) is 4.65. The van der Waals surface area contributed by atoms with Crippen LogP contribution in [0.1, 0.15) is 0 Å². The first-order chi connectivity index (χ1) is 6.29. The van der Waals surface area contributed by atoms with E-state index in [1.807, 2.05) is 0 Å². The van der Waals surface area contributed by atoms with Crippen molar-refractivity contribution in [1.82, 2.24) is 0 Å². The average Bonchev–Trinajstić information content (AvgIpc) is 2.02. The molecule has 0 aromatic heterocycles. The van der Waals surface area contributed by atoms with Crippen molar-refractivity contribution in [3.63, 3.8) is 0 Å². The number of rotatable bonds is 2. The summed E-state index contributed by atoms with van der Waals surface area (Å²) >= 11 is 0. The van der Waals surface area contributed by atoms with Crippen molar-refractivity contribution in [2.75, 3.05) is 0 Å². The number of allylic oxidation sites excluding steroid dienone is 2. The Bertz CT molecular complexity index is 415. The molecule has 0 fully saturated rings. The molecule has 0 spiro atoms. The molecular weight excluding hydrogens is 237 g/mol. The van der Waals surface area contributed by atoms with Gasteiger partial charge in [-0.1, -0.05) is 12.2 Å². The zero-order valence-electron chi connectivity index (χ0n) is 7.77. The van der Waals surface area contributed by atoms with Crippen molar-refractivity contribution in [1.29, 1.82) is 0 Å². The Hall–Kier alpha value is -0.250. The second-order valence-corrected chi connectivity index (χ2v) is 4.31. The van der Waals surface area contributed by atoms with Gasteiger partial charge in [-0.2, -0.15) is 8.42 Å². The van der Waals surface area contributed by atoms with E-state index in [1.165, 1.54) is 6.08 Å². The summed E-state index contributed by atoms with van der Waals surface area (Å²) in [5, 5.41) is 19.8. The van der Waals surface area contributed by atoms with E-state index in [9.17, 15) is 23.6 Å². The number of nitrogens with zero attached hydrogens (tertiary/aromatic N) is 1. The minimum atomic E-state index is -4.94. The van der Waals surface area contributed by atoms with Gasteiger partial charge in [0.05, 0.1) is 0 Å². The molecule has 1 aliphatic rings. The fourth-order valence-corrected chi connectivity index (χ4v) is 1.78. The fraction of sp³-hybridized carbons (Fsp3) is 0.333. The van der Waals surface area contributed by atoms with Gasteiger partial charge in [-0.3, -0.25) is 14.7 Å². The zero-order valence-corrected chi connectivity index (χ0v) is 10.6. The normalized spacial score (nSPS) is 29.6. The molecule has 0 saturated heterocycles. The molecule has 9 heteroatoms. The van der Waals surface area contributed by atoms with Crippen LogP contribution in [-0.4, -0.2) is 63.5 Å². The van der Waals surface area contributed by atoms with Gasteiger partial charge in [0.25, 0.3) is 11.0 Å². The number of hydrogen-bond acceptors (Lipinski definition) is 5. The molecule has 0 heterocycles. The number of aliphatic hydroxyl groups is 1. The van der Waals surface area contributed by atoms with Crippen LogP contribution < -0.4 is 0 Å². The molecule has 1 rings (SSSR count). The maximum absolute atomic E-state index is 10.7. The van der Waals surface area contributed by atoms with Crippen molar-refractivity contribution in [3.05, 3.63) is 34.4 Å². The first-order valence-electron chi connectivity index (χ1n) is 3.48. The second kappa shape index (κ2) is 4.73. The van der Waals surface area contributed by atoms with Crippen LogP contribution >= 0.6 is 0 Å². The fourth-order valence-electron chi connectivity index (χ4n) is 1.06. The molecule has 2 N–H and O–H groups in total. The molecule has 79 valence electrons. The van der Waals surface area contributed by atoms with Crippen molar-refractivity contribution in [3.8, 4) is 0 Å². The van der Waals surface area contributed by atoms with E-state index in [0.717, 1.165) is 12.2 Å². The summed E-state index contributed by atoms with van der Waals surface area (Å²) in [4.78, 5) is 6.53. The monoisotopic (exact) mass is 244 g/mol. The molecular formula is C6H7NNaO6S. The topological polar surface area (TPSA) is 118 Å². The molecule has 2 unspecified atom stereocenters. The van der Waals surface area contributed by atoms with E-state index in [1.54, 1.807) is 0 Å². The summed E-state index contributed by atoms with van der Waals surface area (Å²) in [6.07, 6.45) is 3.87. The third kappa shape index (κ3) is 2.65. The van der Waals surface area contributed by atoms with Crippen molar-refractivity contribution in [2.45, 2.75) is 11.0 Å². The van der Waals surface area contributed by atoms with Crippen LogP contribution in [0, 0.1) is 10.1 Å². The molecule has 1 radical (unpaired) electrons. The molecule has 7 nitrogen and oxygen atoms in total. The summed E-state index contributed by atoms with van der Waals surface area (Å²) in [6.45, 7) is 0. The van der Waals surface area contributed by atoms with Gasteiger partial charge < -0.3 is 5.11 Å². The smallest absolute Gasteiger partial charge is 0.306 e. The van der Waals surface area contributed by atoms with Crippen LogP contribution in [0.15, 0.2) is 24.3 Å². The standard InChI is InChI=1S/C6H7NO6S.Na/c8-6(14(11,12)13)4-2-1-3-5(6)7(9)10;/h1-5,8H,(H,11,12,13);. The Labute approximate surface area is 108 Å². The maximum atomic E-state index is 10.7. The van der Waals surface area contributed by atoms with Crippen LogP contribution in [0.4, 0.5) is 0 Å². The largest absolute Gasteiger partial charge is 0.364 e. The van der Waals surface area contributed by atoms with Gasteiger partial charge in [-0.25, -0.2) is 0 Å². The van der Waals surface area contributed by atoms with Gasteiger partial charge in [0.1, 0.15) is 0 Å². The van der Waals surface area contributed by atoms with Gasteiger partial charge in [0, 0.05) is 34.5 Å². The quantitative estimate of drug-likeness (QED) is 0.277. The Morgan fingerprint density at radius 3 is 2.27 bits per heavy atom. The molecule has 0 bridgehead atoms. The van der Waals surface area contributed by atoms with Crippen molar-refractivity contribution in [2.24, 2.45) is 0 Å². The third-order valence-electron chi connectivity index (χ3n) is 1.80. The summed E-state index contributed by atoms with van der Waals surface area (Å²) in [7, 11) is -4.94. The minimum absolute atomic E-state index is 0. The SMILES string of the molecule is O=[N+]([O-])C1C=CC=CC1(O)S(=O)(=O)O.[Na]. The summed E-state index contributed by atoms with van der Waals surface area (Å²) in [5.74, 6) is 0. The van der Waals surface area contributed by atoms with E-state index in [-0.39, 0.29) is 29.6 Å². The van der Waals surface area contributed by atoms with Gasteiger partial charge in [-0.15, -0.1) is 0 Å². The molecule has 0 aromatic rings. The van der Waals surface area contributed by atoms with Crippen LogP contribution in [0.25, 0.3) is 0 Å². The maximum Gasteiger partial charge on any atom is 0.306 e. The zero-order chi connectivity index (χ0) is 11.0. The molecule has 15 heavy (non-hydrogen) atoms. The van der Waals surface area contributed by atoms with E-state index in [4.69, 9.17) is 4.55 Å². The Balaban J connectivity index is 0.00000196. The summed E-state index contributed by atoms with van der Waals surface area (Å²) in [6, 6.07) is -1.90. The molecule has 0 amide bonds. The number of nitro groups is 1. The van der Waals surface area contributed by atoms with Gasteiger partial charge in [0.15, 0.2) is 0 Å². The second-order valence-electron chi connectivity index (χ2n) is 2.70. The molecule has 0 aliphatic heterocycles. The first kappa shape index (κ1) is 14.8. The van der Waals surface area contributed by atoms with E-state index in [0.29, 0.717) is 6.08 Å². The van der Waals surface area contributed by atoms with Gasteiger partial charge in [0.2, 0.25) is 0 Å². The Morgan fingerprint density at radius 2 is 1.93 bits per heavy atom. The van der Waals surface area contributed by atoms with Gasteiger partial charge >= 0.3 is 10.1 Å². The van der Waals surface area contributed by atoms with E-state index < -0.39 is 26.0 Å². The van der Waals surface area contributed by atoms with E-state index in [2.05, 4.69) is 0 Å². The first-order valence-corrected chi connectivity index (χ1v) is 4.92. The van der Waals surface area contributed by atoms with Crippen molar-refractivity contribution >= 4 is 39.7 Å². The summed E-state index contributed by atoms with van der Waals surface area (Å²) in [5.41, 5.74) is 0. The van der Waals surface area contributed by atoms with Crippen LogP contribution in [0.5, 0.6) is 0 Å². The van der Waals surface area contributed by atoms with Crippen LogP contribution in [-0.2, 0) is 10.1 Å². The van der Waals surface area contributed by atoms with Crippen LogP contribution in [0.2, 0.25) is 0 Å². The molecule has 0 aromatic carbocycles. The van der Waals surface area contributed by atoms with Crippen LogP contribution in [0.3, 0.4) is 0 Å². The number of hydrogen-bond donors (Lipinski definition) is 2. The van der Waals surface area contributed by atoms with Gasteiger partial charge in [-0.05, 0) is 12.2 Å². The van der Waals surface area contributed by atoms with Crippen molar-refractivity contribution < 1.29 is 23.0 Å².